The maximum absolute atomic E-state index is 12.2. The first-order chi connectivity index (χ1) is 8.93. The molecule has 5 nitrogen and oxygen atoms in total. The maximum Gasteiger partial charge on any atom is 0.225 e. The van der Waals surface area contributed by atoms with E-state index in [0.717, 1.165) is 25.8 Å². The molecule has 0 aromatic rings. The molecule has 6 heteroatoms. The Hall–Kier alpha value is -0.810. The summed E-state index contributed by atoms with van der Waals surface area (Å²) in [5.41, 5.74) is 5.70. The van der Waals surface area contributed by atoms with Gasteiger partial charge in [0.1, 0.15) is 0 Å². The lowest BCUT2D eigenvalue weighted by Crippen LogP contribution is -2.49. The lowest BCUT2D eigenvalue weighted by atomic mass is 9.96. The van der Waals surface area contributed by atoms with Crippen molar-refractivity contribution in [3.05, 3.63) is 0 Å². The molecule has 0 aliphatic carbocycles. The third kappa shape index (κ3) is 6.09. The van der Waals surface area contributed by atoms with Gasteiger partial charge < -0.3 is 16.0 Å². The predicted octanol–water partition coefficient (Wildman–Crippen LogP) is 1.16. The van der Waals surface area contributed by atoms with Crippen LogP contribution in [0, 0.1) is 11.8 Å². The Morgan fingerprint density at radius 1 is 1.40 bits per heavy atom. The number of hydrogen-bond donors (Lipinski definition) is 2. The molecule has 1 heterocycles. The van der Waals surface area contributed by atoms with E-state index >= 15 is 0 Å². The van der Waals surface area contributed by atoms with Crippen LogP contribution in [0.5, 0.6) is 0 Å². The number of piperidine rings is 1. The van der Waals surface area contributed by atoms with Gasteiger partial charge in [-0.25, -0.2) is 0 Å². The second-order valence-corrected chi connectivity index (χ2v) is 5.87. The van der Waals surface area contributed by atoms with E-state index in [-0.39, 0.29) is 36.2 Å². The first-order valence-corrected chi connectivity index (χ1v) is 7.20. The van der Waals surface area contributed by atoms with Crippen molar-refractivity contribution in [2.45, 2.75) is 46.1 Å². The summed E-state index contributed by atoms with van der Waals surface area (Å²) in [5, 5.41) is 3.03. The molecular weight excluding hydrogens is 278 g/mol. The first kappa shape index (κ1) is 19.2. The fourth-order valence-electron chi connectivity index (χ4n) is 2.58. The summed E-state index contributed by atoms with van der Waals surface area (Å²) in [5.74, 6) is 0.518. The molecule has 1 saturated heterocycles. The van der Waals surface area contributed by atoms with Crippen LogP contribution in [0.15, 0.2) is 0 Å². The van der Waals surface area contributed by atoms with Gasteiger partial charge in [0, 0.05) is 32.6 Å². The lowest BCUT2D eigenvalue weighted by molar-refractivity contribution is -0.134. The molecule has 1 aliphatic heterocycles. The summed E-state index contributed by atoms with van der Waals surface area (Å²) in [6, 6.07) is 0.0419. The first-order valence-electron chi connectivity index (χ1n) is 7.20. The molecule has 2 unspecified atom stereocenters. The van der Waals surface area contributed by atoms with E-state index in [4.69, 9.17) is 5.73 Å². The van der Waals surface area contributed by atoms with Crippen LogP contribution in [0.1, 0.15) is 40.0 Å². The molecule has 0 aromatic carbocycles. The van der Waals surface area contributed by atoms with Crippen LogP contribution in [0.3, 0.4) is 0 Å². The van der Waals surface area contributed by atoms with Crippen molar-refractivity contribution in [1.82, 2.24) is 10.2 Å². The average Bonchev–Trinajstić information content (AvgIpc) is 2.37. The molecule has 1 rings (SSSR count). The number of amides is 2. The van der Waals surface area contributed by atoms with Gasteiger partial charge in [0.25, 0.3) is 0 Å². The van der Waals surface area contributed by atoms with Crippen LogP contribution in [-0.2, 0) is 9.59 Å². The largest absolute Gasteiger partial charge is 0.352 e. The van der Waals surface area contributed by atoms with Crippen molar-refractivity contribution in [3.63, 3.8) is 0 Å². The molecule has 1 fully saturated rings. The van der Waals surface area contributed by atoms with Gasteiger partial charge in [0.2, 0.25) is 11.8 Å². The van der Waals surface area contributed by atoms with Gasteiger partial charge in [-0.1, -0.05) is 13.8 Å². The Labute approximate surface area is 128 Å². The van der Waals surface area contributed by atoms with Gasteiger partial charge in [-0.15, -0.1) is 12.4 Å². The van der Waals surface area contributed by atoms with Crippen molar-refractivity contribution in [2.24, 2.45) is 17.6 Å². The molecule has 0 saturated carbocycles. The molecule has 2 atom stereocenters. The second-order valence-electron chi connectivity index (χ2n) is 5.87. The Morgan fingerprint density at radius 3 is 2.55 bits per heavy atom. The van der Waals surface area contributed by atoms with Crippen LogP contribution in [0.25, 0.3) is 0 Å². The number of halogens is 1. The quantitative estimate of drug-likeness (QED) is 0.800. The second kappa shape index (κ2) is 9.19. The molecule has 3 N–H and O–H groups in total. The van der Waals surface area contributed by atoms with E-state index in [9.17, 15) is 9.59 Å². The monoisotopic (exact) mass is 305 g/mol. The number of likely N-dealkylation sites (tertiary alicyclic amines) is 1. The average molecular weight is 306 g/mol. The molecule has 0 bridgehead atoms. The maximum atomic E-state index is 12.2. The van der Waals surface area contributed by atoms with E-state index in [1.807, 2.05) is 0 Å². The summed E-state index contributed by atoms with van der Waals surface area (Å²) >= 11 is 0. The highest BCUT2D eigenvalue weighted by molar-refractivity contribution is 5.85. The third-order valence-electron chi connectivity index (χ3n) is 3.62. The number of carbonyl (C=O) groups excluding carboxylic acids is 2. The number of nitrogens with two attached hydrogens (primary N) is 1. The van der Waals surface area contributed by atoms with Crippen LogP contribution in [0.4, 0.5) is 0 Å². The highest BCUT2D eigenvalue weighted by Crippen LogP contribution is 2.17. The minimum Gasteiger partial charge on any atom is -0.352 e. The summed E-state index contributed by atoms with van der Waals surface area (Å²) < 4.78 is 0. The number of rotatable bonds is 5. The molecule has 0 radical (unpaired) electrons. The van der Waals surface area contributed by atoms with E-state index in [2.05, 4.69) is 19.2 Å². The van der Waals surface area contributed by atoms with Gasteiger partial charge in [-0.2, -0.15) is 0 Å². The number of carbonyl (C=O) groups is 2. The number of nitrogens with zero attached hydrogens (tertiary/aromatic N) is 1. The van der Waals surface area contributed by atoms with Gasteiger partial charge in [0.15, 0.2) is 0 Å². The lowest BCUT2D eigenvalue weighted by Gasteiger charge is -2.32. The minimum absolute atomic E-state index is 0. The van der Waals surface area contributed by atoms with Gasteiger partial charge in [-0.3, -0.25) is 9.59 Å². The standard InChI is InChI=1S/C14H27N3O2.ClH/c1-10(2)7-13(8-15)16-14(19)12-5-4-6-17(9-12)11(3)18;/h10,12-13H,4-9,15H2,1-3H3,(H,16,19);1H. The van der Waals surface area contributed by atoms with Crippen LogP contribution >= 0.6 is 12.4 Å². The fraction of sp³-hybridized carbons (Fsp3) is 0.857. The summed E-state index contributed by atoms with van der Waals surface area (Å²) in [7, 11) is 0. The zero-order valence-electron chi connectivity index (χ0n) is 12.7. The molecule has 20 heavy (non-hydrogen) atoms. The minimum atomic E-state index is -0.0844. The Bertz CT molecular complexity index is 324. The smallest absolute Gasteiger partial charge is 0.225 e. The van der Waals surface area contributed by atoms with E-state index in [0.29, 0.717) is 19.0 Å². The van der Waals surface area contributed by atoms with E-state index in [1.54, 1.807) is 11.8 Å². The highest BCUT2D eigenvalue weighted by atomic mass is 35.5. The van der Waals surface area contributed by atoms with Crippen LogP contribution < -0.4 is 11.1 Å². The predicted molar refractivity (Wildman–Crippen MR) is 82.7 cm³/mol. The number of nitrogens with one attached hydrogen (secondary N) is 1. The zero-order chi connectivity index (χ0) is 14.4. The van der Waals surface area contributed by atoms with Crippen molar-refractivity contribution in [1.29, 1.82) is 0 Å². The van der Waals surface area contributed by atoms with Gasteiger partial charge in [0.05, 0.1) is 5.92 Å². The van der Waals surface area contributed by atoms with Gasteiger partial charge >= 0.3 is 0 Å². The van der Waals surface area contributed by atoms with E-state index < -0.39 is 0 Å². The van der Waals surface area contributed by atoms with Crippen molar-refractivity contribution < 1.29 is 9.59 Å². The third-order valence-corrected chi connectivity index (χ3v) is 3.62. The molecule has 118 valence electrons. The Balaban J connectivity index is 0.00000361. The van der Waals surface area contributed by atoms with Gasteiger partial charge in [-0.05, 0) is 25.2 Å². The van der Waals surface area contributed by atoms with E-state index in [1.165, 1.54) is 0 Å². The molecular formula is C14H28ClN3O2. The molecule has 0 aromatic heterocycles. The molecule has 1 aliphatic rings. The highest BCUT2D eigenvalue weighted by Gasteiger charge is 2.28. The normalized spacial score (nSPS) is 20.2. The Morgan fingerprint density at radius 2 is 2.05 bits per heavy atom. The summed E-state index contributed by atoms with van der Waals surface area (Å²) in [4.78, 5) is 25.3. The SMILES string of the molecule is CC(=O)N1CCCC(C(=O)NC(CN)CC(C)C)C1.Cl. The van der Waals surface area contributed by atoms with Crippen LogP contribution in [0.2, 0.25) is 0 Å². The Kier molecular flexibility index (Phi) is 8.81. The zero-order valence-corrected chi connectivity index (χ0v) is 13.5. The van der Waals surface area contributed by atoms with Crippen molar-refractivity contribution in [2.75, 3.05) is 19.6 Å². The van der Waals surface area contributed by atoms with Crippen molar-refractivity contribution >= 4 is 24.2 Å². The summed E-state index contributed by atoms with van der Waals surface area (Å²) in [6.45, 7) is 7.57. The molecule has 0 spiro atoms. The summed E-state index contributed by atoms with van der Waals surface area (Å²) in [6.07, 6.45) is 2.65. The van der Waals surface area contributed by atoms with Crippen LogP contribution in [-0.4, -0.2) is 42.4 Å². The topological polar surface area (TPSA) is 75.4 Å². The molecule has 2 amide bonds. The van der Waals surface area contributed by atoms with Crippen molar-refractivity contribution in [3.8, 4) is 0 Å². The number of hydrogen-bond acceptors (Lipinski definition) is 3. The fourth-order valence-corrected chi connectivity index (χ4v) is 2.58.